The van der Waals surface area contributed by atoms with Crippen LogP contribution in [-0.4, -0.2) is 26.8 Å². The zero-order valence-electron chi connectivity index (χ0n) is 19.4. The van der Waals surface area contributed by atoms with Crippen LogP contribution in [0.15, 0.2) is 77.4 Å². The van der Waals surface area contributed by atoms with Gasteiger partial charge in [0.05, 0.1) is 24.9 Å². The summed E-state index contributed by atoms with van der Waals surface area (Å²) in [7, 11) is 1.73. The molecule has 2 aromatic carbocycles. The minimum Gasteiger partial charge on any atom is -0.467 e. The molecule has 0 unspecified atom stereocenters. The Hall–Kier alpha value is -4.07. The monoisotopic (exact) mass is 462 g/mol. The molecule has 0 bridgehead atoms. The van der Waals surface area contributed by atoms with Gasteiger partial charge in [-0.25, -0.2) is 13.9 Å². The number of hydrogen-bond acceptors (Lipinski definition) is 4. The third-order valence-electron chi connectivity index (χ3n) is 5.15. The molecule has 0 radical (unpaired) electrons. The van der Waals surface area contributed by atoms with Crippen LogP contribution in [0.25, 0.3) is 11.3 Å². The van der Waals surface area contributed by atoms with Crippen molar-refractivity contribution in [2.45, 2.75) is 33.0 Å². The van der Waals surface area contributed by atoms with Crippen LogP contribution in [0.4, 0.5) is 9.18 Å². The molecule has 0 saturated carbocycles. The standard InChI is InChI=1S/C26H27FN4O3/c1-18(2)28-26(32)31(16-20-12-9-15-33-20)17-21-24(19-10-5-4-6-11-19)29-30(3)25(21)34-23-14-8-7-13-22(23)27/h4-15,18H,16-17H2,1-3H3,(H,28,32). The molecule has 0 aliphatic heterocycles. The number of rotatable bonds is 8. The third-order valence-corrected chi connectivity index (χ3v) is 5.15. The smallest absolute Gasteiger partial charge is 0.318 e. The third kappa shape index (κ3) is 5.28. The first-order chi connectivity index (χ1) is 16.4. The van der Waals surface area contributed by atoms with Crippen molar-refractivity contribution < 1.29 is 18.3 Å². The van der Waals surface area contributed by atoms with Crippen LogP contribution in [0.1, 0.15) is 25.2 Å². The first-order valence-electron chi connectivity index (χ1n) is 11.0. The summed E-state index contributed by atoms with van der Waals surface area (Å²) in [5.74, 6) is 0.586. The van der Waals surface area contributed by atoms with Crippen molar-refractivity contribution in [3.63, 3.8) is 0 Å². The first kappa shape index (κ1) is 23.1. The lowest BCUT2D eigenvalue weighted by Gasteiger charge is -2.24. The quantitative estimate of drug-likeness (QED) is 0.363. The van der Waals surface area contributed by atoms with Gasteiger partial charge in [0.15, 0.2) is 11.6 Å². The topological polar surface area (TPSA) is 72.5 Å². The number of carbonyl (C=O) groups is 1. The lowest BCUT2D eigenvalue weighted by atomic mass is 10.1. The number of nitrogens with zero attached hydrogens (tertiary/aromatic N) is 3. The molecule has 4 aromatic rings. The maximum Gasteiger partial charge on any atom is 0.318 e. The Labute approximate surface area is 197 Å². The van der Waals surface area contributed by atoms with Crippen molar-refractivity contribution in [2.24, 2.45) is 7.05 Å². The molecule has 4 rings (SSSR count). The SMILES string of the molecule is CC(C)NC(=O)N(Cc1ccco1)Cc1c(-c2ccccc2)nn(C)c1Oc1ccccc1F. The summed E-state index contributed by atoms with van der Waals surface area (Å²) in [6, 6.07) is 19.1. The molecule has 0 aliphatic rings. The van der Waals surface area contributed by atoms with Crippen molar-refractivity contribution in [1.29, 1.82) is 0 Å². The van der Waals surface area contributed by atoms with Crippen LogP contribution in [0.2, 0.25) is 0 Å². The lowest BCUT2D eigenvalue weighted by Crippen LogP contribution is -2.42. The Morgan fingerprint density at radius 1 is 1.09 bits per heavy atom. The highest BCUT2D eigenvalue weighted by Gasteiger charge is 2.26. The molecule has 176 valence electrons. The molecule has 34 heavy (non-hydrogen) atoms. The molecule has 8 heteroatoms. The Kier molecular flexibility index (Phi) is 6.96. The Morgan fingerprint density at radius 3 is 2.50 bits per heavy atom. The van der Waals surface area contributed by atoms with Crippen molar-refractivity contribution in [3.05, 3.63) is 90.1 Å². The second kappa shape index (κ2) is 10.2. The number of aryl methyl sites for hydroxylation is 1. The highest BCUT2D eigenvalue weighted by atomic mass is 19.1. The fraction of sp³-hybridized carbons (Fsp3) is 0.231. The average Bonchev–Trinajstić information content (AvgIpc) is 3.43. The van der Waals surface area contributed by atoms with Crippen LogP contribution in [0.3, 0.4) is 0 Å². The molecule has 0 spiro atoms. The summed E-state index contributed by atoms with van der Waals surface area (Å²) in [5, 5.41) is 7.60. The van der Waals surface area contributed by atoms with Crippen molar-refractivity contribution in [1.82, 2.24) is 20.0 Å². The maximum atomic E-state index is 14.4. The molecule has 0 aliphatic carbocycles. The molecule has 1 N–H and O–H groups in total. The van der Waals surface area contributed by atoms with Crippen molar-refractivity contribution in [2.75, 3.05) is 0 Å². The molecular weight excluding hydrogens is 435 g/mol. The van der Waals surface area contributed by atoms with E-state index in [0.29, 0.717) is 22.9 Å². The predicted molar refractivity (Wildman–Crippen MR) is 127 cm³/mol. The van der Waals surface area contributed by atoms with Gasteiger partial charge in [-0.2, -0.15) is 5.10 Å². The lowest BCUT2D eigenvalue weighted by molar-refractivity contribution is 0.184. The number of para-hydroxylation sites is 1. The number of urea groups is 1. The van der Waals surface area contributed by atoms with Gasteiger partial charge in [0, 0.05) is 18.7 Å². The Balaban J connectivity index is 1.77. The van der Waals surface area contributed by atoms with E-state index in [-0.39, 0.29) is 30.9 Å². The number of furan rings is 1. The largest absolute Gasteiger partial charge is 0.467 e. The van der Waals surface area contributed by atoms with Gasteiger partial charge in [0.25, 0.3) is 0 Å². The van der Waals surface area contributed by atoms with Crippen LogP contribution >= 0.6 is 0 Å². The summed E-state index contributed by atoms with van der Waals surface area (Å²) < 4.78 is 27.5. The minimum atomic E-state index is -0.485. The second-order valence-corrected chi connectivity index (χ2v) is 8.19. The molecular formula is C26H27FN4O3. The molecule has 0 fully saturated rings. The van der Waals surface area contributed by atoms with Gasteiger partial charge in [-0.3, -0.25) is 0 Å². The first-order valence-corrected chi connectivity index (χ1v) is 11.0. The van der Waals surface area contributed by atoms with Crippen LogP contribution < -0.4 is 10.1 Å². The number of nitrogens with one attached hydrogen (secondary N) is 1. The number of aromatic nitrogens is 2. The number of amides is 2. The number of benzene rings is 2. The highest BCUT2D eigenvalue weighted by molar-refractivity contribution is 5.75. The Morgan fingerprint density at radius 2 is 1.82 bits per heavy atom. The molecule has 2 aromatic heterocycles. The van der Waals surface area contributed by atoms with Gasteiger partial charge in [-0.05, 0) is 38.1 Å². The second-order valence-electron chi connectivity index (χ2n) is 8.19. The van der Waals surface area contributed by atoms with Crippen molar-refractivity contribution >= 4 is 6.03 Å². The van der Waals surface area contributed by atoms with Crippen LogP contribution in [0, 0.1) is 5.82 Å². The Bertz CT molecular complexity index is 1240. The average molecular weight is 463 g/mol. The zero-order valence-corrected chi connectivity index (χ0v) is 19.4. The van der Waals surface area contributed by atoms with Gasteiger partial charge in [-0.15, -0.1) is 0 Å². The molecule has 2 amide bonds. The number of halogens is 1. The van der Waals surface area contributed by atoms with E-state index < -0.39 is 5.82 Å². The predicted octanol–water partition coefficient (Wildman–Crippen LogP) is 5.73. The van der Waals surface area contributed by atoms with E-state index in [2.05, 4.69) is 10.4 Å². The van der Waals surface area contributed by atoms with Crippen LogP contribution in [-0.2, 0) is 20.1 Å². The summed E-state index contributed by atoms with van der Waals surface area (Å²) >= 11 is 0. The number of hydrogen-bond donors (Lipinski definition) is 1. The van der Waals surface area contributed by atoms with Crippen molar-refractivity contribution in [3.8, 4) is 22.9 Å². The summed E-state index contributed by atoms with van der Waals surface area (Å²) in [6.45, 7) is 4.21. The van der Waals surface area contributed by atoms with Gasteiger partial charge >= 0.3 is 6.03 Å². The summed E-state index contributed by atoms with van der Waals surface area (Å²) in [4.78, 5) is 14.7. The summed E-state index contributed by atoms with van der Waals surface area (Å²) in [5.41, 5.74) is 2.16. The number of carbonyl (C=O) groups excluding carboxylic acids is 1. The van der Waals surface area contributed by atoms with Crippen LogP contribution in [0.5, 0.6) is 11.6 Å². The summed E-state index contributed by atoms with van der Waals surface area (Å²) in [6.07, 6.45) is 1.57. The normalized spacial score (nSPS) is 11.0. The molecule has 2 heterocycles. The van der Waals surface area contributed by atoms with E-state index in [1.54, 1.807) is 47.2 Å². The highest BCUT2D eigenvalue weighted by Crippen LogP contribution is 2.35. The molecule has 0 atom stereocenters. The fourth-order valence-corrected chi connectivity index (χ4v) is 3.60. The van der Waals surface area contributed by atoms with E-state index in [4.69, 9.17) is 9.15 Å². The number of ether oxygens (including phenoxy) is 1. The zero-order chi connectivity index (χ0) is 24.1. The van der Waals surface area contributed by atoms with E-state index in [0.717, 1.165) is 5.56 Å². The maximum absolute atomic E-state index is 14.4. The van der Waals surface area contributed by atoms with Gasteiger partial charge < -0.3 is 19.4 Å². The minimum absolute atomic E-state index is 0.0526. The molecule has 0 saturated heterocycles. The van der Waals surface area contributed by atoms with E-state index in [1.807, 2.05) is 50.2 Å². The van der Waals surface area contributed by atoms with E-state index in [9.17, 15) is 9.18 Å². The van der Waals surface area contributed by atoms with E-state index >= 15 is 0 Å². The van der Waals surface area contributed by atoms with Gasteiger partial charge in [0.2, 0.25) is 5.88 Å². The van der Waals surface area contributed by atoms with E-state index in [1.165, 1.54) is 6.07 Å². The molecule has 7 nitrogen and oxygen atoms in total. The van der Waals surface area contributed by atoms with Gasteiger partial charge in [-0.1, -0.05) is 42.5 Å². The van der Waals surface area contributed by atoms with Gasteiger partial charge in [0.1, 0.15) is 11.5 Å². The fourth-order valence-electron chi connectivity index (χ4n) is 3.60.